The van der Waals surface area contributed by atoms with E-state index in [9.17, 15) is 0 Å². The highest BCUT2D eigenvalue weighted by atomic mass is 15.3. The van der Waals surface area contributed by atoms with Gasteiger partial charge in [-0.15, -0.1) is 0 Å². The van der Waals surface area contributed by atoms with Gasteiger partial charge in [0.2, 0.25) is 0 Å². The summed E-state index contributed by atoms with van der Waals surface area (Å²) in [6, 6.07) is 0. The van der Waals surface area contributed by atoms with Gasteiger partial charge in [-0.05, 0) is 18.3 Å². The van der Waals surface area contributed by atoms with E-state index in [0.717, 1.165) is 24.6 Å². The molecule has 6 nitrogen and oxygen atoms in total. The lowest BCUT2D eigenvalue weighted by Gasteiger charge is -2.39. The van der Waals surface area contributed by atoms with Gasteiger partial charge in [0.05, 0.1) is 6.20 Å². The molecular formula is C14H22N6. The third-order valence-electron chi connectivity index (χ3n) is 4.63. The van der Waals surface area contributed by atoms with E-state index in [1.54, 1.807) is 6.20 Å². The maximum absolute atomic E-state index is 5.51. The van der Waals surface area contributed by atoms with Gasteiger partial charge in [0.15, 0.2) is 17.3 Å². The van der Waals surface area contributed by atoms with Crippen LogP contribution < -0.4 is 16.2 Å². The first kappa shape index (κ1) is 13.2. The summed E-state index contributed by atoms with van der Waals surface area (Å²) in [6.07, 6.45) is 9.18. The molecule has 0 amide bonds. The fourth-order valence-electron chi connectivity index (χ4n) is 2.81. The molecule has 0 aromatic carbocycles. The third kappa shape index (κ3) is 2.20. The molecule has 1 saturated heterocycles. The monoisotopic (exact) mass is 274 g/mol. The Morgan fingerprint density at radius 2 is 2.15 bits per heavy atom. The van der Waals surface area contributed by atoms with E-state index in [1.165, 1.54) is 19.3 Å². The van der Waals surface area contributed by atoms with Gasteiger partial charge in [-0.1, -0.05) is 20.3 Å². The molecule has 0 atom stereocenters. The second-order valence-corrected chi connectivity index (χ2v) is 5.90. The van der Waals surface area contributed by atoms with Crippen LogP contribution in [0.4, 0.5) is 11.6 Å². The van der Waals surface area contributed by atoms with Crippen molar-refractivity contribution in [1.82, 2.24) is 14.4 Å². The van der Waals surface area contributed by atoms with Crippen molar-refractivity contribution in [1.29, 1.82) is 0 Å². The Labute approximate surface area is 119 Å². The molecule has 0 spiro atoms. The first-order valence-electron chi connectivity index (χ1n) is 7.20. The summed E-state index contributed by atoms with van der Waals surface area (Å²) >= 11 is 0. The molecule has 20 heavy (non-hydrogen) atoms. The molecule has 3 N–H and O–H groups in total. The molecule has 3 heterocycles. The number of nitrogens with two attached hydrogens (primary N) is 1. The molecule has 6 heteroatoms. The Bertz CT molecular complexity index is 597. The van der Waals surface area contributed by atoms with Crippen LogP contribution in [0.1, 0.15) is 33.1 Å². The lowest BCUT2D eigenvalue weighted by Crippen LogP contribution is -2.39. The van der Waals surface area contributed by atoms with Gasteiger partial charge in [0, 0.05) is 25.5 Å². The van der Waals surface area contributed by atoms with Crippen LogP contribution >= 0.6 is 0 Å². The van der Waals surface area contributed by atoms with Crippen LogP contribution in [0, 0.1) is 5.41 Å². The van der Waals surface area contributed by atoms with Crippen LogP contribution in [0.5, 0.6) is 0 Å². The average molecular weight is 274 g/mol. The summed E-state index contributed by atoms with van der Waals surface area (Å²) in [5, 5.41) is 0. The van der Waals surface area contributed by atoms with Crippen molar-refractivity contribution in [2.75, 3.05) is 23.4 Å². The molecule has 0 saturated carbocycles. The maximum atomic E-state index is 5.51. The van der Waals surface area contributed by atoms with E-state index in [-0.39, 0.29) is 0 Å². The van der Waals surface area contributed by atoms with E-state index in [2.05, 4.69) is 34.1 Å². The standard InChI is InChI=1S/C14H22N6/c1-3-14(2)4-7-19(8-5-14)13-12-16-6-9-20(12)10-11(17-13)18-15/h6,9-10,18H,3-5,7-8,15H2,1-2H3. The van der Waals surface area contributed by atoms with Crippen LogP contribution in [0.25, 0.3) is 5.65 Å². The molecular weight excluding hydrogens is 252 g/mol. The number of rotatable bonds is 3. The van der Waals surface area contributed by atoms with Crippen molar-refractivity contribution in [3.63, 3.8) is 0 Å². The molecule has 1 fully saturated rings. The van der Waals surface area contributed by atoms with Crippen LogP contribution in [0.2, 0.25) is 0 Å². The van der Waals surface area contributed by atoms with Crippen molar-refractivity contribution >= 4 is 17.3 Å². The highest BCUT2D eigenvalue weighted by Gasteiger charge is 2.29. The zero-order valence-corrected chi connectivity index (χ0v) is 12.1. The second kappa shape index (κ2) is 4.94. The summed E-state index contributed by atoms with van der Waals surface area (Å²) in [4.78, 5) is 11.3. The number of aromatic nitrogens is 3. The highest BCUT2D eigenvalue weighted by molar-refractivity contribution is 5.66. The third-order valence-corrected chi connectivity index (χ3v) is 4.63. The van der Waals surface area contributed by atoms with Gasteiger partial charge in [0.1, 0.15) is 0 Å². The fourth-order valence-corrected chi connectivity index (χ4v) is 2.81. The zero-order valence-electron chi connectivity index (χ0n) is 12.1. The first-order chi connectivity index (χ1) is 9.65. The fraction of sp³-hybridized carbons (Fsp3) is 0.571. The van der Waals surface area contributed by atoms with Gasteiger partial charge >= 0.3 is 0 Å². The smallest absolute Gasteiger partial charge is 0.180 e. The van der Waals surface area contributed by atoms with Gasteiger partial charge in [-0.25, -0.2) is 15.8 Å². The van der Waals surface area contributed by atoms with Crippen molar-refractivity contribution in [2.24, 2.45) is 11.3 Å². The molecule has 0 radical (unpaired) electrons. The number of nitrogen functional groups attached to an aromatic ring is 1. The summed E-state index contributed by atoms with van der Waals surface area (Å²) in [5.74, 6) is 7.09. The predicted octanol–water partition coefficient (Wildman–Crippen LogP) is 2.03. The second-order valence-electron chi connectivity index (χ2n) is 5.90. The Hall–Kier alpha value is -1.82. The molecule has 2 aromatic rings. The molecule has 2 aromatic heterocycles. The number of piperidine rings is 1. The summed E-state index contributed by atoms with van der Waals surface area (Å²) < 4.78 is 1.96. The minimum Gasteiger partial charge on any atom is -0.353 e. The largest absolute Gasteiger partial charge is 0.353 e. The van der Waals surface area contributed by atoms with Crippen LogP contribution in [-0.2, 0) is 0 Å². The normalized spacial score (nSPS) is 18.4. The molecule has 108 valence electrons. The Kier molecular flexibility index (Phi) is 3.25. The quantitative estimate of drug-likeness (QED) is 0.662. The number of imidazole rings is 1. The molecule has 0 unspecified atom stereocenters. The van der Waals surface area contributed by atoms with Gasteiger partial charge in [-0.3, -0.25) is 0 Å². The Morgan fingerprint density at radius 1 is 1.40 bits per heavy atom. The topological polar surface area (TPSA) is 71.5 Å². The lowest BCUT2D eigenvalue weighted by molar-refractivity contribution is 0.238. The van der Waals surface area contributed by atoms with Gasteiger partial charge in [-0.2, -0.15) is 0 Å². The van der Waals surface area contributed by atoms with Gasteiger partial charge in [0.25, 0.3) is 0 Å². The SMILES string of the molecule is CCC1(C)CCN(c2nc(NN)cn3ccnc23)CC1. The number of nitrogens with zero attached hydrogens (tertiary/aromatic N) is 4. The number of hydrogen-bond acceptors (Lipinski definition) is 5. The van der Waals surface area contributed by atoms with Crippen molar-refractivity contribution < 1.29 is 0 Å². The van der Waals surface area contributed by atoms with Crippen molar-refractivity contribution in [2.45, 2.75) is 33.1 Å². The summed E-state index contributed by atoms with van der Waals surface area (Å²) in [5.41, 5.74) is 3.99. The van der Waals surface area contributed by atoms with E-state index < -0.39 is 0 Å². The number of hydrazine groups is 1. The summed E-state index contributed by atoms with van der Waals surface area (Å²) in [7, 11) is 0. The molecule has 3 rings (SSSR count). The predicted molar refractivity (Wildman–Crippen MR) is 80.6 cm³/mol. The van der Waals surface area contributed by atoms with Crippen molar-refractivity contribution in [3.8, 4) is 0 Å². The lowest BCUT2D eigenvalue weighted by atomic mass is 9.78. The minimum atomic E-state index is 0.464. The number of fused-ring (bicyclic) bond motifs is 1. The van der Waals surface area contributed by atoms with E-state index in [0.29, 0.717) is 11.2 Å². The van der Waals surface area contributed by atoms with Gasteiger partial charge < -0.3 is 14.7 Å². The average Bonchev–Trinajstić information content (AvgIpc) is 2.95. The summed E-state index contributed by atoms with van der Waals surface area (Å²) in [6.45, 7) is 6.70. The zero-order chi connectivity index (χ0) is 14.2. The minimum absolute atomic E-state index is 0.464. The van der Waals surface area contributed by atoms with E-state index in [1.807, 2.05) is 16.8 Å². The Balaban J connectivity index is 1.92. The van der Waals surface area contributed by atoms with Crippen LogP contribution in [0.3, 0.4) is 0 Å². The number of anilines is 2. The Morgan fingerprint density at radius 3 is 2.80 bits per heavy atom. The number of nitrogens with one attached hydrogen (secondary N) is 1. The molecule has 0 bridgehead atoms. The molecule has 1 aliphatic rings. The van der Waals surface area contributed by atoms with Crippen LogP contribution in [-0.4, -0.2) is 27.5 Å². The van der Waals surface area contributed by atoms with E-state index >= 15 is 0 Å². The van der Waals surface area contributed by atoms with E-state index in [4.69, 9.17) is 5.84 Å². The van der Waals surface area contributed by atoms with Crippen LogP contribution in [0.15, 0.2) is 18.6 Å². The molecule has 0 aliphatic carbocycles. The molecule has 1 aliphatic heterocycles. The van der Waals surface area contributed by atoms with Crippen molar-refractivity contribution in [3.05, 3.63) is 18.6 Å². The first-order valence-corrected chi connectivity index (χ1v) is 7.20. The number of hydrogen-bond donors (Lipinski definition) is 2. The maximum Gasteiger partial charge on any atom is 0.180 e. The highest BCUT2D eigenvalue weighted by Crippen LogP contribution is 2.36.